The number of hydrogen-bond donors (Lipinski definition) is 2. The molecule has 3 aromatic rings. The molecular weight excluding hydrogens is 406 g/mol. The van der Waals surface area contributed by atoms with Crippen molar-refractivity contribution in [3.05, 3.63) is 81.3 Å². The van der Waals surface area contributed by atoms with Crippen LogP contribution in [0.4, 0.5) is 5.13 Å². The highest BCUT2D eigenvalue weighted by Crippen LogP contribution is 2.23. The number of anilines is 1. The lowest BCUT2D eigenvalue weighted by Crippen LogP contribution is -3.12. The van der Waals surface area contributed by atoms with Crippen LogP contribution in [-0.4, -0.2) is 37.2 Å². The number of halogens is 1. The van der Waals surface area contributed by atoms with Crippen LogP contribution in [-0.2, 0) is 17.7 Å². The minimum Gasteiger partial charge on any atom is -0.370 e. The minimum atomic E-state index is -0.140. The summed E-state index contributed by atoms with van der Waals surface area (Å²) in [7, 11) is 0. The van der Waals surface area contributed by atoms with E-state index in [9.17, 15) is 4.79 Å². The van der Waals surface area contributed by atoms with Gasteiger partial charge in [-0.1, -0.05) is 35.9 Å². The van der Waals surface area contributed by atoms with Gasteiger partial charge >= 0.3 is 0 Å². The second-order valence-electron chi connectivity index (χ2n) is 7.13. The topological polar surface area (TPSA) is 55.7 Å². The maximum atomic E-state index is 12.5. The van der Waals surface area contributed by atoms with E-state index in [1.165, 1.54) is 21.8 Å². The van der Waals surface area contributed by atoms with Gasteiger partial charge in [-0.25, -0.2) is 4.98 Å². The molecule has 4 rings (SSSR count). The summed E-state index contributed by atoms with van der Waals surface area (Å²) in [5.74, 6) is -0.140. The van der Waals surface area contributed by atoms with Crippen molar-refractivity contribution in [3.8, 4) is 0 Å². The second kappa shape index (κ2) is 9.50. The smallest absolute Gasteiger partial charge is 0.257 e. The Kier molecular flexibility index (Phi) is 6.56. The number of thiazole rings is 1. The molecule has 1 saturated heterocycles. The Balaban J connectivity index is 1.33. The molecule has 29 heavy (non-hydrogen) atoms. The molecule has 0 bridgehead atoms. The minimum absolute atomic E-state index is 0.140. The molecule has 0 aliphatic carbocycles. The average molecular weight is 429 g/mol. The third kappa shape index (κ3) is 5.64. The maximum Gasteiger partial charge on any atom is 0.257 e. The van der Waals surface area contributed by atoms with Crippen molar-refractivity contribution in [2.24, 2.45) is 0 Å². The molecule has 1 amide bonds. The Hall–Kier alpha value is -2.25. The fraction of sp³-hybridized carbons (Fsp3) is 0.273. The first-order chi connectivity index (χ1) is 14.2. The molecule has 0 unspecified atom stereocenters. The normalized spacial score (nSPS) is 14.7. The second-order valence-corrected chi connectivity index (χ2v) is 8.68. The lowest BCUT2D eigenvalue weighted by atomic mass is 10.1. The van der Waals surface area contributed by atoms with Crippen LogP contribution >= 0.6 is 22.9 Å². The molecule has 2 heterocycles. The van der Waals surface area contributed by atoms with Crippen LogP contribution in [0.15, 0.2) is 54.7 Å². The van der Waals surface area contributed by atoms with Crippen molar-refractivity contribution < 1.29 is 14.4 Å². The highest BCUT2D eigenvalue weighted by molar-refractivity contribution is 7.15. The van der Waals surface area contributed by atoms with Crippen LogP contribution < -0.4 is 10.2 Å². The van der Waals surface area contributed by atoms with Crippen molar-refractivity contribution in [3.63, 3.8) is 0 Å². The fourth-order valence-corrected chi connectivity index (χ4v) is 4.42. The van der Waals surface area contributed by atoms with Gasteiger partial charge in [0.1, 0.15) is 19.6 Å². The summed E-state index contributed by atoms with van der Waals surface area (Å²) in [6.07, 6.45) is 2.54. The van der Waals surface area contributed by atoms with E-state index >= 15 is 0 Å². The third-order valence-corrected chi connectivity index (χ3v) is 6.06. The number of carbonyl (C=O) groups excluding carboxylic acids is 1. The Morgan fingerprint density at radius 2 is 1.93 bits per heavy atom. The van der Waals surface area contributed by atoms with Crippen molar-refractivity contribution in [2.75, 3.05) is 31.6 Å². The monoisotopic (exact) mass is 428 g/mol. The van der Waals surface area contributed by atoms with Crippen LogP contribution in [0.3, 0.4) is 0 Å². The van der Waals surface area contributed by atoms with Crippen LogP contribution in [0.25, 0.3) is 0 Å². The molecule has 2 aromatic carbocycles. The molecule has 1 fully saturated rings. The molecule has 0 atom stereocenters. The summed E-state index contributed by atoms with van der Waals surface area (Å²) in [5, 5.41) is 4.22. The predicted octanol–water partition coefficient (Wildman–Crippen LogP) is 3.05. The van der Waals surface area contributed by atoms with Gasteiger partial charge in [0.05, 0.1) is 13.2 Å². The number of nitrogens with one attached hydrogen (secondary N) is 2. The first-order valence-corrected chi connectivity index (χ1v) is 10.9. The van der Waals surface area contributed by atoms with Crippen molar-refractivity contribution in [1.82, 2.24) is 4.98 Å². The lowest BCUT2D eigenvalue weighted by molar-refractivity contribution is -0.921. The number of benzene rings is 2. The fourth-order valence-electron chi connectivity index (χ4n) is 3.36. The van der Waals surface area contributed by atoms with Crippen molar-refractivity contribution in [2.45, 2.75) is 13.0 Å². The van der Waals surface area contributed by atoms with E-state index in [0.717, 1.165) is 54.7 Å². The summed E-state index contributed by atoms with van der Waals surface area (Å²) in [4.78, 5) is 19.5. The number of amides is 1. The number of quaternary nitrogens is 1. The maximum absolute atomic E-state index is 12.5. The van der Waals surface area contributed by atoms with E-state index in [-0.39, 0.29) is 5.91 Å². The van der Waals surface area contributed by atoms with Crippen LogP contribution in [0.1, 0.15) is 26.4 Å². The zero-order chi connectivity index (χ0) is 20.1. The zero-order valence-electron chi connectivity index (χ0n) is 16.0. The highest BCUT2D eigenvalue weighted by atomic mass is 35.5. The van der Waals surface area contributed by atoms with Gasteiger partial charge in [0.2, 0.25) is 0 Å². The summed E-state index contributed by atoms with van der Waals surface area (Å²) < 4.78 is 5.40. The zero-order valence-corrected chi connectivity index (χ0v) is 17.6. The van der Waals surface area contributed by atoms with Gasteiger partial charge < -0.3 is 9.64 Å². The molecule has 1 aliphatic rings. The number of rotatable bonds is 6. The Morgan fingerprint density at radius 3 is 2.69 bits per heavy atom. The number of aromatic nitrogens is 1. The third-order valence-electron chi connectivity index (χ3n) is 4.91. The Labute approximate surface area is 179 Å². The van der Waals surface area contributed by atoms with Crippen LogP contribution in [0.2, 0.25) is 5.02 Å². The molecule has 2 N–H and O–H groups in total. The van der Waals surface area contributed by atoms with Gasteiger partial charge in [0.25, 0.3) is 5.91 Å². The van der Waals surface area contributed by atoms with Gasteiger partial charge in [-0.3, -0.25) is 10.1 Å². The highest BCUT2D eigenvalue weighted by Gasteiger charge is 2.15. The molecule has 150 valence electrons. The standard InChI is InChI=1S/C22H22ClN3O2S/c23-19-3-1-2-17(12-19)13-20-14-24-22(29-20)25-21(27)18-6-4-16(5-7-18)15-26-8-10-28-11-9-26/h1-7,12,14H,8-11,13,15H2,(H,24,25,27)/p+1. The number of morpholine rings is 1. The average Bonchev–Trinajstić information content (AvgIpc) is 3.16. The van der Waals surface area contributed by atoms with Crippen LogP contribution in [0, 0.1) is 0 Å². The van der Waals surface area contributed by atoms with E-state index in [0.29, 0.717) is 10.7 Å². The van der Waals surface area contributed by atoms with E-state index in [1.807, 2.05) is 48.5 Å². The van der Waals surface area contributed by atoms with Gasteiger partial charge in [-0.05, 0) is 29.8 Å². The number of ether oxygens (including phenoxy) is 1. The van der Waals surface area contributed by atoms with E-state index < -0.39 is 0 Å². The Morgan fingerprint density at radius 1 is 1.14 bits per heavy atom. The number of nitrogens with zero attached hydrogens (tertiary/aromatic N) is 1. The predicted molar refractivity (Wildman–Crippen MR) is 116 cm³/mol. The number of carbonyl (C=O) groups is 1. The summed E-state index contributed by atoms with van der Waals surface area (Å²) in [5.41, 5.74) is 2.99. The SMILES string of the molecule is O=C(Nc1ncc(Cc2cccc(Cl)c2)s1)c1ccc(C[NH+]2CCOCC2)cc1. The molecular formula is C22H23ClN3O2S+. The first-order valence-electron chi connectivity index (χ1n) is 9.66. The van der Waals surface area contributed by atoms with Crippen LogP contribution in [0.5, 0.6) is 0 Å². The van der Waals surface area contributed by atoms with Crippen molar-refractivity contribution in [1.29, 1.82) is 0 Å². The summed E-state index contributed by atoms with van der Waals surface area (Å²) >= 11 is 7.52. The van der Waals surface area contributed by atoms with E-state index in [2.05, 4.69) is 10.3 Å². The molecule has 5 nitrogen and oxygen atoms in total. The van der Waals surface area contributed by atoms with Gasteiger partial charge in [0, 0.05) is 33.6 Å². The lowest BCUT2D eigenvalue weighted by Gasteiger charge is -2.23. The Bertz CT molecular complexity index is 968. The van der Waals surface area contributed by atoms with E-state index in [1.54, 1.807) is 6.20 Å². The largest absolute Gasteiger partial charge is 0.370 e. The van der Waals surface area contributed by atoms with Gasteiger partial charge in [-0.2, -0.15) is 0 Å². The molecule has 7 heteroatoms. The quantitative estimate of drug-likeness (QED) is 0.634. The molecule has 0 spiro atoms. The van der Waals surface area contributed by atoms with Gasteiger partial charge in [0.15, 0.2) is 5.13 Å². The van der Waals surface area contributed by atoms with E-state index in [4.69, 9.17) is 16.3 Å². The molecule has 1 aromatic heterocycles. The molecule has 0 radical (unpaired) electrons. The van der Waals surface area contributed by atoms with Crippen molar-refractivity contribution >= 4 is 34.0 Å². The first kappa shape index (κ1) is 20.0. The summed E-state index contributed by atoms with van der Waals surface area (Å²) in [6, 6.07) is 15.6. The number of hydrogen-bond acceptors (Lipinski definition) is 4. The molecule has 0 saturated carbocycles. The molecule has 1 aliphatic heterocycles. The summed E-state index contributed by atoms with van der Waals surface area (Å²) in [6.45, 7) is 4.67. The van der Waals surface area contributed by atoms with Gasteiger partial charge in [-0.15, -0.1) is 11.3 Å².